The number of carbonyl (C=O) groups is 2. The number of hydrogen-bond donors (Lipinski definition) is 2. The minimum absolute atomic E-state index is 0.0204. The Kier molecular flexibility index (Phi) is 5.07. The Balaban J connectivity index is 1.79. The van der Waals surface area contributed by atoms with E-state index in [0.717, 1.165) is 32.1 Å². The van der Waals surface area contributed by atoms with Crippen molar-refractivity contribution in [2.75, 3.05) is 7.05 Å². The average Bonchev–Trinajstić information content (AvgIpc) is 3.42. The number of carboxylic acid groups (broad SMARTS) is 1. The zero-order chi connectivity index (χ0) is 18.9. The summed E-state index contributed by atoms with van der Waals surface area (Å²) in [7, 11) is -2.12. The van der Waals surface area contributed by atoms with Crippen LogP contribution in [-0.2, 0) is 14.8 Å². The summed E-state index contributed by atoms with van der Waals surface area (Å²) in [5.41, 5.74) is -1.05. The van der Waals surface area contributed by atoms with E-state index in [9.17, 15) is 23.1 Å². The van der Waals surface area contributed by atoms with E-state index in [0.29, 0.717) is 12.8 Å². The summed E-state index contributed by atoms with van der Waals surface area (Å²) in [6.45, 7) is 0. The molecule has 8 heteroatoms. The number of benzene rings is 1. The first kappa shape index (κ1) is 18.8. The molecule has 3 rings (SSSR count). The lowest BCUT2D eigenvalue weighted by Crippen LogP contribution is -2.43. The van der Waals surface area contributed by atoms with Gasteiger partial charge in [-0.1, -0.05) is 25.3 Å². The van der Waals surface area contributed by atoms with Gasteiger partial charge < -0.3 is 10.4 Å². The number of rotatable bonds is 6. The first-order valence-electron chi connectivity index (χ1n) is 8.90. The second-order valence-corrected chi connectivity index (χ2v) is 9.18. The van der Waals surface area contributed by atoms with Crippen LogP contribution in [-0.4, -0.2) is 48.3 Å². The maximum atomic E-state index is 12.9. The Bertz CT molecular complexity index is 811. The van der Waals surface area contributed by atoms with E-state index in [1.165, 1.54) is 28.6 Å². The lowest BCUT2D eigenvalue weighted by Gasteiger charge is -2.30. The van der Waals surface area contributed by atoms with Gasteiger partial charge >= 0.3 is 5.97 Å². The molecule has 0 radical (unpaired) electrons. The average molecular weight is 380 g/mol. The molecule has 0 aliphatic heterocycles. The molecule has 2 N–H and O–H groups in total. The van der Waals surface area contributed by atoms with Gasteiger partial charge in [0.25, 0.3) is 5.91 Å². The van der Waals surface area contributed by atoms with Crippen molar-refractivity contribution in [1.82, 2.24) is 9.62 Å². The first-order valence-corrected chi connectivity index (χ1v) is 10.3. The third-order valence-electron chi connectivity index (χ3n) is 5.37. The monoisotopic (exact) mass is 380 g/mol. The summed E-state index contributed by atoms with van der Waals surface area (Å²) in [5.74, 6) is -1.63. The lowest BCUT2D eigenvalue weighted by atomic mass is 9.96. The molecule has 1 amide bonds. The molecule has 142 valence electrons. The van der Waals surface area contributed by atoms with Crippen LogP contribution in [0, 0.1) is 0 Å². The molecular formula is C18H24N2O5S. The van der Waals surface area contributed by atoms with E-state index in [4.69, 9.17) is 0 Å². The highest BCUT2D eigenvalue weighted by Crippen LogP contribution is 2.36. The molecule has 0 saturated heterocycles. The van der Waals surface area contributed by atoms with Gasteiger partial charge in [-0.3, -0.25) is 4.79 Å². The summed E-state index contributed by atoms with van der Waals surface area (Å²) in [4.78, 5) is 23.7. The van der Waals surface area contributed by atoms with Gasteiger partial charge in [-0.25, -0.2) is 13.2 Å². The van der Waals surface area contributed by atoms with Crippen molar-refractivity contribution in [3.8, 4) is 0 Å². The molecule has 7 nitrogen and oxygen atoms in total. The van der Waals surface area contributed by atoms with Gasteiger partial charge in [0.1, 0.15) is 5.54 Å². The summed E-state index contributed by atoms with van der Waals surface area (Å²) < 4.78 is 27.2. The normalized spacial score (nSPS) is 19.9. The van der Waals surface area contributed by atoms with E-state index in [1.807, 2.05) is 0 Å². The number of carboxylic acids is 1. The predicted octanol–water partition coefficient (Wildman–Crippen LogP) is 1.99. The third kappa shape index (κ3) is 3.61. The van der Waals surface area contributed by atoms with Crippen LogP contribution < -0.4 is 5.32 Å². The largest absolute Gasteiger partial charge is 0.480 e. The molecular weight excluding hydrogens is 356 g/mol. The van der Waals surface area contributed by atoms with Crippen LogP contribution in [0.15, 0.2) is 29.2 Å². The van der Waals surface area contributed by atoms with Crippen molar-refractivity contribution in [2.45, 2.75) is 61.4 Å². The van der Waals surface area contributed by atoms with Gasteiger partial charge in [-0.05, 0) is 43.9 Å². The van der Waals surface area contributed by atoms with E-state index >= 15 is 0 Å². The molecule has 0 heterocycles. The second-order valence-electron chi connectivity index (χ2n) is 7.18. The van der Waals surface area contributed by atoms with E-state index < -0.39 is 27.4 Å². The summed E-state index contributed by atoms with van der Waals surface area (Å²) >= 11 is 0. The molecule has 0 spiro atoms. The van der Waals surface area contributed by atoms with E-state index in [2.05, 4.69) is 5.32 Å². The highest BCUT2D eigenvalue weighted by Gasteiger charge is 2.51. The standard InChI is InChI=1S/C18H24N2O5S/c1-20(14-7-3-2-4-8-14)26(24,25)15-9-5-6-13(12-15)16(21)19-18(10-11-18)17(22)23/h5-6,9,12,14H,2-4,7-8,10-11H2,1H3,(H,19,21)(H,22,23). The molecule has 2 fully saturated rings. The number of aliphatic carboxylic acids is 1. The van der Waals surface area contributed by atoms with Crippen molar-refractivity contribution in [3.63, 3.8) is 0 Å². The van der Waals surface area contributed by atoms with Gasteiger partial charge in [-0.2, -0.15) is 4.31 Å². The van der Waals surface area contributed by atoms with Crippen LogP contribution in [0.5, 0.6) is 0 Å². The van der Waals surface area contributed by atoms with E-state index in [-0.39, 0.29) is 16.5 Å². The number of hydrogen-bond acceptors (Lipinski definition) is 4. The molecule has 0 atom stereocenters. The maximum absolute atomic E-state index is 12.9. The lowest BCUT2D eigenvalue weighted by molar-refractivity contribution is -0.140. The Morgan fingerprint density at radius 3 is 2.42 bits per heavy atom. The minimum atomic E-state index is -3.70. The Morgan fingerprint density at radius 2 is 1.85 bits per heavy atom. The summed E-state index contributed by atoms with van der Waals surface area (Å²) in [6.07, 6.45) is 5.63. The fourth-order valence-corrected chi connectivity index (χ4v) is 4.87. The predicted molar refractivity (Wildman–Crippen MR) is 95.3 cm³/mol. The first-order chi connectivity index (χ1) is 12.3. The third-order valence-corrected chi connectivity index (χ3v) is 7.28. The number of nitrogens with one attached hydrogen (secondary N) is 1. The Labute approximate surface area is 153 Å². The molecule has 1 aromatic rings. The topological polar surface area (TPSA) is 104 Å². The fourth-order valence-electron chi connectivity index (χ4n) is 3.41. The highest BCUT2D eigenvalue weighted by atomic mass is 32.2. The van der Waals surface area contributed by atoms with Crippen molar-refractivity contribution < 1.29 is 23.1 Å². The Hall–Kier alpha value is -1.93. The number of sulfonamides is 1. The molecule has 2 aliphatic rings. The van der Waals surface area contributed by atoms with Gasteiger partial charge in [-0.15, -0.1) is 0 Å². The van der Waals surface area contributed by atoms with E-state index in [1.54, 1.807) is 7.05 Å². The molecule has 1 aromatic carbocycles. The smallest absolute Gasteiger partial charge is 0.329 e. The van der Waals surface area contributed by atoms with Crippen LogP contribution in [0.4, 0.5) is 0 Å². The van der Waals surface area contributed by atoms with Gasteiger partial charge in [0, 0.05) is 18.7 Å². The SMILES string of the molecule is CN(C1CCCCC1)S(=O)(=O)c1cccc(C(=O)NC2(C(=O)O)CC2)c1. The Morgan fingerprint density at radius 1 is 1.19 bits per heavy atom. The number of nitrogens with zero attached hydrogens (tertiary/aromatic N) is 1. The molecule has 26 heavy (non-hydrogen) atoms. The van der Waals surface area contributed by atoms with Crippen LogP contribution in [0.25, 0.3) is 0 Å². The number of amides is 1. The van der Waals surface area contributed by atoms with Crippen LogP contribution in [0.2, 0.25) is 0 Å². The van der Waals surface area contributed by atoms with Gasteiger partial charge in [0.2, 0.25) is 10.0 Å². The fraction of sp³-hybridized carbons (Fsp3) is 0.556. The van der Waals surface area contributed by atoms with Crippen molar-refractivity contribution >= 4 is 21.9 Å². The molecule has 0 aromatic heterocycles. The van der Waals surface area contributed by atoms with Crippen LogP contribution in [0.3, 0.4) is 0 Å². The van der Waals surface area contributed by atoms with Gasteiger partial charge in [0.15, 0.2) is 0 Å². The zero-order valence-electron chi connectivity index (χ0n) is 14.8. The van der Waals surface area contributed by atoms with Crippen molar-refractivity contribution in [2.24, 2.45) is 0 Å². The summed E-state index contributed by atoms with van der Waals surface area (Å²) in [6, 6.07) is 5.77. The van der Waals surface area contributed by atoms with Gasteiger partial charge in [0.05, 0.1) is 4.90 Å². The van der Waals surface area contributed by atoms with Crippen molar-refractivity contribution in [1.29, 1.82) is 0 Å². The highest BCUT2D eigenvalue weighted by molar-refractivity contribution is 7.89. The second kappa shape index (κ2) is 7.00. The number of carbonyl (C=O) groups excluding carboxylic acids is 1. The van der Waals surface area contributed by atoms with Crippen molar-refractivity contribution in [3.05, 3.63) is 29.8 Å². The quantitative estimate of drug-likeness (QED) is 0.785. The molecule has 2 aliphatic carbocycles. The van der Waals surface area contributed by atoms with Crippen LogP contribution in [0.1, 0.15) is 55.3 Å². The van der Waals surface area contributed by atoms with Crippen LogP contribution >= 0.6 is 0 Å². The summed E-state index contributed by atoms with van der Waals surface area (Å²) in [5, 5.41) is 11.7. The molecule has 2 saturated carbocycles. The zero-order valence-corrected chi connectivity index (χ0v) is 15.6. The minimum Gasteiger partial charge on any atom is -0.480 e. The molecule has 0 unspecified atom stereocenters. The molecule has 0 bridgehead atoms. The maximum Gasteiger partial charge on any atom is 0.329 e.